The van der Waals surface area contributed by atoms with E-state index in [-0.39, 0.29) is 0 Å². The fourth-order valence-corrected chi connectivity index (χ4v) is 2.43. The minimum Gasteiger partial charge on any atom is -0.492 e. The first-order chi connectivity index (χ1) is 9.70. The van der Waals surface area contributed by atoms with Crippen LogP contribution < -0.4 is 20.3 Å². The highest BCUT2D eigenvalue weighted by Gasteiger charge is 2.15. The molecule has 4 nitrogen and oxygen atoms in total. The highest BCUT2D eigenvalue weighted by molar-refractivity contribution is 5.60. The molecule has 20 heavy (non-hydrogen) atoms. The summed E-state index contributed by atoms with van der Waals surface area (Å²) in [5, 5.41) is 6.84. The van der Waals surface area contributed by atoms with Gasteiger partial charge < -0.3 is 20.3 Å². The van der Waals surface area contributed by atoms with Gasteiger partial charge in [-0.15, -0.1) is 0 Å². The SMILES string of the molecule is CCOc1cc(CNC(C)C)ccc1N1CCNCC1. The first-order valence-corrected chi connectivity index (χ1v) is 7.65. The van der Waals surface area contributed by atoms with Crippen LogP contribution in [0.2, 0.25) is 0 Å². The van der Waals surface area contributed by atoms with Crippen molar-refractivity contribution >= 4 is 5.69 Å². The Morgan fingerprint density at radius 3 is 2.70 bits per heavy atom. The van der Waals surface area contributed by atoms with Crippen LogP contribution in [0.1, 0.15) is 26.3 Å². The van der Waals surface area contributed by atoms with E-state index in [4.69, 9.17) is 4.74 Å². The largest absolute Gasteiger partial charge is 0.492 e. The number of nitrogens with zero attached hydrogens (tertiary/aromatic N) is 1. The second-order valence-electron chi connectivity index (χ2n) is 5.51. The van der Waals surface area contributed by atoms with Gasteiger partial charge in [0, 0.05) is 38.8 Å². The number of benzene rings is 1. The molecule has 1 heterocycles. The van der Waals surface area contributed by atoms with Crippen LogP contribution in [0.5, 0.6) is 5.75 Å². The van der Waals surface area contributed by atoms with Crippen molar-refractivity contribution in [1.82, 2.24) is 10.6 Å². The predicted molar refractivity (Wildman–Crippen MR) is 84.7 cm³/mol. The van der Waals surface area contributed by atoms with Crippen molar-refractivity contribution < 1.29 is 4.74 Å². The summed E-state index contributed by atoms with van der Waals surface area (Å²) in [4.78, 5) is 2.40. The Morgan fingerprint density at radius 1 is 1.30 bits per heavy atom. The lowest BCUT2D eigenvalue weighted by Gasteiger charge is -2.31. The maximum absolute atomic E-state index is 5.85. The van der Waals surface area contributed by atoms with Gasteiger partial charge in [-0.05, 0) is 24.6 Å². The Morgan fingerprint density at radius 2 is 2.05 bits per heavy atom. The van der Waals surface area contributed by atoms with Gasteiger partial charge in [-0.25, -0.2) is 0 Å². The molecule has 0 aromatic heterocycles. The first-order valence-electron chi connectivity index (χ1n) is 7.65. The monoisotopic (exact) mass is 277 g/mol. The zero-order valence-electron chi connectivity index (χ0n) is 12.9. The third kappa shape index (κ3) is 4.12. The third-order valence-electron chi connectivity index (χ3n) is 3.50. The molecule has 1 saturated heterocycles. The molecular weight excluding hydrogens is 250 g/mol. The summed E-state index contributed by atoms with van der Waals surface area (Å²) >= 11 is 0. The molecule has 1 aromatic carbocycles. The molecule has 4 heteroatoms. The minimum absolute atomic E-state index is 0.499. The molecule has 2 N–H and O–H groups in total. The summed E-state index contributed by atoms with van der Waals surface area (Å²) in [6.07, 6.45) is 0. The van der Waals surface area contributed by atoms with Gasteiger partial charge in [0.05, 0.1) is 12.3 Å². The maximum Gasteiger partial charge on any atom is 0.142 e. The van der Waals surface area contributed by atoms with E-state index < -0.39 is 0 Å². The van der Waals surface area contributed by atoms with E-state index in [2.05, 4.69) is 47.6 Å². The predicted octanol–water partition coefficient (Wildman–Crippen LogP) is 1.99. The smallest absolute Gasteiger partial charge is 0.142 e. The van der Waals surface area contributed by atoms with E-state index in [1.807, 2.05) is 6.92 Å². The molecule has 1 fully saturated rings. The summed E-state index contributed by atoms with van der Waals surface area (Å²) in [6, 6.07) is 7.08. The van der Waals surface area contributed by atoms with Gasteiger partial charge in [0.1, 0.15) is 5.75 Å². The summed E-state index contributed by atoms with van der Waals surface area (Å²) in [7, 11) is 0. The second kappa shape index (κ2) is 7.50. The molecule has 0 unspecified atom stereocenters. The molecule has 0 bridgehead atoms. The van der Waals surface area contributed by atoms with E-state index in [0.717, 1.165) is 38.5 Å². The fraction of sp³-hybridized carbons (Fsp3) is 0.625. The van der Waals surface area contributed by atoms with Gasteiger partial charge in [0.15, 0.2) is 0 Å². The molecule has 0 spiro atoms. The van der Waals surface area contributed by atoms with Crippen molar-refractivity contribution in [3.05, 3.63) is 23.8 Å². The Kier molecular flexibility index (Phi) is 5.68. The molecule has 0 aliphatic carbocycles. The molecule has 2 rings (SSSR count). The number of hydrogen-bond donors (Lipinski definition) is 2. The number of piperazine rings is 1. The molecule has 112 valence electrons. The normalized spacial score (nSPS) is 15.7. The molecule has 0 saturated carbocycles. The highest BCUT2D eigenvalue weighted by Crippen LogP contribution is 2.30. The number of rotatable bonds is 6. The lowest BCUT2D eigenvalue weighted by molar-refractivity contribution is 0.339. The molecule has 1 aromatic rings. The van der Waals surface area contributed by atoms with E-state index in [0.29, 0.717) is 12.6 Å². The van der Waals surface area contributed by atoms with E-state index in [9.17, 15) is 0 Å². The van der Waals surface area contributed by atoms with E-state index in [1.165, 1.54) is 11.3 Å². The summed E-state index contributed by atoms with van der Waals surface area (Å²) < 4.78 is 5.85. The van der Waals surface area contributed by atoms with Crippen LogP contribution in [0.4, 0.5) is 5.69 Å². The minimum atomic E-state index is 0.499. The lowest BCUT2D eigenvalue weighted by Crippen LogP contribution is -2.43. The molecule has 1 aliphatic rings. The maximum atomic E-state index is 5.85. The van der Waals surface area contributed by atoms with Crippen molar-refractivity contribution in [3.8, 4) is 5.75 Å². The zero-order valence-corrected chi connectivity index (χ0v) is 12.9. The van der Waals surface area contributed by atoms with Crippen LogP contribution in [-0.2, 0) is 6.54 Å². The quantitative estimate of drug-likeness (QED) is 0.834. The second-order valence-corrected chi connectivity index (χ2v) is 5.51. The topological polar surface area (TPSA) is 36.5 Å². The number of ether oxygens (including phenoxy) is 1. The molecule has 0 radical (unpaired) electrons. The van der Waals surface area contributed by atoms with E-state index >= 15 is 0 Å². The zero-order chi connectivity index (χ0) is 14.4. The Labute approximate surface area is 122 Å². The van der Waals surface area contributed by atoms with Crippen molar-refractivity contribution in [2.75, 3.05) is 37.7 Å². The number of hydrogen-bond acceptors (Lipinski definition) is 4. The summed E-state index contributed by atoms with van der Waals surface area (Å²) in [5.74, 6) is 1.01. The van der Waals surface area contributed by atoms with Gasteiger partial charge in [0.2, 0.25) is 0 Å². The van der Waals surface area contributed by atoms with Gasteiger partial charge >= 0.3 is 0 Å². The van der Waals surface area contributed by atoms with Crippen molar-refractivity contribution in [3.63, 3.8) is 0 Å². The summed E-state index contributed by atoms with van der Waals surface area (Å²) in [5.41, 5.74) is 2.50. The van der Waals surface area contributed by atoms with Crippen LogP contribution in [0.3, 0.4) is 0 Å². The molecule has 0 amide bonds. The lowest BCUT2D eigenvalue weighted by atomic mass is 10.1. The molecular formula is C16H27N3O. The third-order valence-corrected chi connectivity index (χ3v) is 3.50. The van der Waals surface area contributed by atoms with Crippen molar-refractivity contribution in [2.24, 2.45) is 0 Å². The first kappa shape index (κ1) is 15.1. The Balaban J connectivity index is 2.13. The fourth-order valence-electron chi connectivity index (χ4n) is 2.43. The van der Waals surface area contributed by atoms with Crippen LogP contribution >= 0.6 is 0 Å². The standard InChI is InChI=1S/C16H27N3O/c1-4-20-16-11-14(12-18-13(2)3)5-6-15(16)19-9-7-17-8-10-19/h5-6,11,13,17-18H,4,7-10,12H2,1-3H3. The van der Waals surface area contributed by atoms with Crippen LogP contribution in [0, 0.1) is 0 Å². The summed E-state index contributed by atoms with van der Waals surface area (Å²) in [6.45, 7) is 12.1. The average Bonchev–Trinajstić information content (AvgIpc) is 2.46. The Hall–Kier alpha value is -1.26. The number of nitrogens with one attached hydrogen (secondary N) is 2. The van der Waals surface area contributed by atoms with Gasteiger partial charge in [0.25, 0.3) is 0 Å². The van der Waals surface area contributed by atoms with Crippen molar-refractivity contribution in [1.29, 1.82) is 0 Å². The van der Waals surface area contributed by atoms with Crippen LogP contribution in [-0.4, -0.2) is 38.8 Å². The average molecular weight is 277 g/mol. The van der Waals surface area contributed by atoms with Crippen molar-refractivity contribution in [2.45, 2.75) is 33.4 Å². The number of anilines is 1. The molecule has 0 atom stereocenters. The van der Waals surface area contributed by atoms with E-state index in [1.54, 1.807) is 0 Å². The van der Waals surface area contributed by atoms with Crippen LogP contribution in [0.15, 0.2) is 18.2 Å². The Bertz CT molecular complexity index is 414. The van der Waals surface area contributed by atoms with Gasteiger partial charge in [-0.3, -0.25) is 0 Å². The van der Waals surface area contributed by atoms with Gasteiger partial charge in [-0.2, -0.15) is 0 Å². The molecule has 1 aliphatic heterocycles. The van der Waals surface area contributed by atoms with Crippen LogP contribution in [0.25, 0.3) is 0 Å². The highest BCUT2D eigenvalue weighted by atomic mass is 16.5. The van der Waals surface area contributed by atoms with Gasteiger partial charge in [-0.1, -0.05) is 19.9 Å².